The Labute approximate surface area is 193 Å². The van der Waals surface area contributed by atoms with Crippen LogP contribution in [0.25, 0.3) is 16.7 Å². The number of hydrogen-bond donors (Lipinski definition) is 0. The van der Waals surface area contributed by atoms with Crippen molar-refractivity contribution in [1.29, 1.82) is 0 Å². The van der Waals surface area contributed by atoms with E-state index < -0.39 is 0 Å². The first-order valence-corrected chi connectivity index (χ1v) is 12.0. The molecule has 31 heavy (non-hydrogen) atoms. The van der Waals surface area contributed by atoms with E-state index in [2.05, 4.69) is 120 Å². The van der Waals surface area contributed by atoms with Gasteiger partial charge in [0.1, 0.15) is 0 Å². The van der Waals surface area contributed by atoms with E-state index in [1.807, 2.05) is 19.9 Å². The summed E-state index contributed by atoms with van der Waals surface area (Å²) in [5.74, 6) is 0. The van der Waals surface area contributed by atoms with Gasteiger partial charge in [0.25, 0.3) is 0 Å². The highest BCUT2D eigenvalue weighted by Gasteiger charge is 2.02. The van der Waals surface area contributed by atoms with E-state index in [1.165, 1.54) is 39.8 Å². The average Bonchev–Trinajstić information content (AvgIpc) is 2.83. The second-order valence-corrected chi connectivity index (χ2v) is 7.12. The van der Waals surface area contributed by atoms with Gasteiger partial charge in [-0.05, 0) is 54.5 Å². The fourth-order valence-corrected chi connectivity index (χ4v) is 3.07. The predicted molar refractivity (Wildman–Crippen MR) is 144 cm³/mol. The molecule has 0 N–H and O–H groups in total. The topological polar surface area (TPSA) is 0 Å². The molecule has 3 rings (SSSR count). The van der Waals surface area contributed by atoms with Crippen LogP contribution in [0.5, 0.6) is 0 Å². The van der Waals surface area contributed by atoms with Crippen LogP contribution in [0.15, 0.2) is 84.9 Å². The van der Waals surface area contributed by atoms with Crippen LogP contribution in [0.4, 0.5) is 0 Å². The lowest BCUT2D eigenvalue weighted by Gasteiger charge is -2.09. The molecule has 0 aliphatic carbocycles. The zero-order chi connectivity index (χ0) is 23.5. The van der Waals surface area contributed by atoms with Crippen LogP contribution in [0.3, 0.4) is 0 Å². The first kappa shape index (κ1) is 28.4. The fraction of sp³-hybridized carbons (Fsp3) is 0.355. The molecule has 0 radical (unpaired) electrons. The number of aryl methyl sites for hydroxylation is 2. The number of allylic oxidation sites excluding steroid dienone is 2. The van der Waals surface area contributed by atoms with E-state index in [0.717, 1.165) is 12.8 Å². The van der Waals surface area contributed by atoms with E-state index in [1.54, 1.807) is 0 Å². The van der Waals surface area contributed by atoms with Crippen LogP contribution in [0, 0.1) is 6.92 Å². The third-order valence-corrected chi connectivity index (χ3v) is 4.63. The minimum Gasteiger partial charge on any atom is -0.0838 e. The second-order valence-electron chi connectivity index (χ2n) is 7.12. The number of hydrogen-bond acceptors (Lipinski definition) is 0. The molecule has 0 bridgehead atoms. The van der Waals surface area contributed by atoms with E-state index >= 15 is 0 Å². The van der Waals surface area contributed by atoms with Crippen LogP contribution in [0.2, 0.25) is 0 Å². The molecule has 0 nitrogen and oxygen atoms in total. The summed E-state index contributed by atoms with van der Waals surface area (Å²) in [5.41, 5.74) is 8.21. The molecule has 0 heterocycles. The highest BCUT2D eigenvalue weighted by molar-refractivity contribution is 5.67. The summed E-state index contributed by atoms with van der Waals surface area (Å²) >= 11 is 0. The van der Waals surface area contributed by atoms with E-state index in [0.29, 0.717) is 0 Å². The van der Waals surface area contributed by atoms with Crippen LogP contribution in [-0.2, 0) is 6.42 Å². The summed E-state index contributed by atoms with van der Waals surface area (Å²) in [5, 5.41) is 0. The molecule has 0 unspecified atom stereocenters. The summed E-state index contributed by atoms with van der Waals surface area (Å²) < 4.78 is 0. The minimum atomic E-state index is 1.12. The molecular weight excluding hydrogens is 372 g/mol. The lowest BCUT2D eigenvalue weighted by Crippen LogP contribution is -1.90. The van der Waals surface area contributed by atoms with Gasteiger partial charge in [-0.15, -0.1) is 0 Å². The Bertz CT molecular complexity index is 823. The van der Waals surface area contributed by atoms with Crippen LogP contribution < -0.4 is 0 Å². The van der Waals surface area contributed by atoms with Crippen LogP contribution in [0.1, 0.15) is 78.0 Å². The maximum absolute atomic E-state index is 2.22. The molecule has 0 spiro atoms. The highest BCUT2D eigenvalue weighted by atomic mass is 14.1. The van der Waals surface area contributed by atoms with Gasteiger partial charge in [0.2, 0.25) is 0 Å². The molecule has 3 aromatic rings. The first-order valence-electron chi connectivity index (χ1n) is 12.0. The Morgan fingerprint density at radius 2 is 1.16 bits per heavy atom. The zero-order valence-electron chi connectivity index (χ0n) is 21.2. The highest BCUT2D eigenvalue weighted by Crippen LogP contribution is 2.22. The largest absolute Gasteiger partial charge is 0.0838 e. The number of rotatable bonds is 4. The Morgan fingerprint density at radius 3 is 1.65 bits per heavy atom. The summed E-state index contributed by atoms with van der Waals surface area (Å²) in [6, 6.07) is 27.7. The molecule has 0 saturated carbocycles. The average molecular weight is 417 g/mol. The molecule has 0 aliphatic heterocycles. The molecule has 0 amide bonds. The van der Waals surface area contributed by atoms with Crippen molar-refractivity contribution in [2.24, 2.45) is 0 Å². The van der Waals surface area contributed by atoms with Crippen molar-refractivity contribution in [1.82, 2.24) is 0 Å². The van der Waals surface area contributed by atoms with Gasteiger partial charge in [0.05, 0.1) is 0 Å². The predicted octanol–water partition coefficient (Wildman–Crippen LogP) is 10.2. The van der Waals surface area contributed by atoms with Crippen molar-refractivity contribution in [2.75, 3.05) is 0 Å². The minimum absolute atomic E-state index is 1.12. The number of benzene rings is 3. The van der Waals surface area contributed by atoms with Crippen molar-refractivity contribution >= 4 is 5.57 Å². The van der Waals surface area contributed by atoms with E-state index in [9.17, 15) is 0 Å². The molecule has 3 aromatic carbocycles. The quantitative estimate of drug-likeness (QED) is 0.397. The van der Waals surface area contributed by atoms with Crippen molar-refractivity contribution in [2.45, 2.75) is 74.7 Å². The molecular formula is C31H44. The second kappa shape index (κ2) is 18.2. The molecule has 0 heteroatoms. The van der Waals surface area contributed by atoms with Crippen LogP contribution in [-0.4, -0.2) is 0 Å². The Morgan fingerprint density at radius 1 is 0.677 bits per heavy atom. The monoisotopic (exact) mass is 416 g/mol. The van der Waals surface area contributed by atoms with Crippen molar-refractivity contribution in [3.8, 4) is 11.1 Å². The molecule has 0 saturated heterocycles. The van der Waals surface area contributed by atoms with Crippen LogP contribution >= 0.6 is 0 Å². The summed E-state index contributed by atoms with van der Waals surface area (Å²) in [4.78, 5) is 0. The third kappa shape index (κ3) is 10.8. The molecule has 0 aliphatic rings. The normalized spacial score (nSPS) is 9.87. The Kier molecular flexibility index (Phi) is 16.7. The van der Waals surface area contributed by atoms with Gasteiger partial charge in [-0.3, -0.25) is 0 Å². The summed E-state index contributed by atoms with van der Waals surface area (Å²) in [6.07, 6.45) is 5.70. The smallest absolute Gasteiger partial charge is 0.0184 e. The molecule has 0 atom stereocenters. The van der Waals surface area contributed by atoms with Gasteiger partial charge in [0.15, 0.2) is 0 Å². The third-order valence-electron chi connectivity index (χ3n) is 4.63. The lowest BCUT2D eigenvalue weighted by molar-refractivity contribution is 1.09. The van der Waals surface area contributed by atoms with Crippen molar-refractivity contribution < 1.29 is 0 Å². The standard InChI is InChI=1S/C13H12.C13H18.C3H8.C2H6/c1-11-7-9-13(10-8-11)12-5-3-2-4-6-12;1-4-11(5-2)13-10-8-7-9-12(13)6-3;1-3-2;1-2/h2-10H,1H3;4,7-10H,5-6H2,1-3H3;3H2,1-2H3;1-2H3/b;11-4-;;. The van der Waals surface area contributed by atoms with Gasteiger partial charge in [-0.2, -0.15) is 0 Å². The summed E-state index contributed by atoms with van der Waals surface area (Å²) in [7, 11) is 0. The lowest BCUT2D eigenvalue weighted by atomic mass is 9.96. The maximum atomic E-state index is 2.22. The van der Waals surface area contributed by atoms with Gasteiger partial charge in [-0.25, -0.2) is 0 Å². The van der Waals surface area contributed by atoms with Gasteiger partial charge >= 0.3 is 0 Å². The van der Waals surface area contributed by atoms with Gasteiger partial charge < -0.3 is 0 Å². The van der Waals surface area contributed by atoms with Gasteiger partial charge in [0, 0.05) is 0 Å². The Hall–Kier alpha value is -2.60. The molecule has 168 valence electrons. The Balaban J connectivity index is 0.000000482. The van der Waals surface area contributed by atoms with Crippen molar-refractivity contribution in [3.63, 3.8) is 0 Å². The fourth-order valence-electron chi connectivity index (χ4n) is 3.07. The molecule has 0 aromatic heterocycles. The molecule has 0 fully saturated rings. The van der Waals surface area contributed by atoms with Gasteiger partial charge in [-0.1, -0.05) is 138 Å². The van der Waals surface area contributed by atoms with E-state index in [-0.39, 0.29) is 0 Å². The SMILES string of the molecule is C/C=C(/CC)c1ccccc1CC.CC.CCC.Cc1ccc(-c2ccccc2)cc1. The first-order chi connectivity index (χ1) is 15.1. The zero-order valence-corrected chi connectivity index (χ0v) is 21.2. The summed E-state index contributed by atoms with van der Waals surface area (Å²) in [6.45, 7) is 16.9. The van der Waals surface area contributed by atoms with Crippen molar-refractivity contribution in [3.05, 3.63) is 102 Å². The van der Waals surface area contributed by atoms with E-state index in [4.69, 9.17) is 0 Å². The maximum Gasteiger partial charge on any atom is -0.0184 e.